The molecule has 12 heteroatoms. The van der Waals surface area contributed by atoms with Crippen molar-refractivity contribution in [3.05, 3.63) is 59.7 Å². The summed E-state index contributed by atoms with van der Waals surface area (Å²) in [5.41, 5.74) is 7.17. The molecular formula is C29H42N2O8S2. The van der Waals surface area contributed by atoms with Gasteiger partial charge in [-0.05, 0) is 97.4 Å². The lowest BCUT2D eigenvalue weighted by Crippen LogP contribution is -2.38. The molecular weight excluding hydrogens is 568 g/mol. The number of amides is 1. The van der Waals surface area contributed by atoms with E-state index in [0.29, 0.717) is 32.1 Å². The van der Waals surface area contributed by atoms with Gasteiger partial charge in [0, 0.05) is 12.1 Å². The van der Waals surface area contributed by atoms with Crippen molar-refractivity contribution in [1.29, 1.82) is 0 Å². The molecule has 2 aliphatic carbocycles. The van der Waals surface area contributed by atoms with Crippen molar-refractivity contribution in [3.8, 4) is 0 Å². The number of hydrogen-bond acceptors (Lipinski definition) is 9. The van der Waals surface area contributed by atoms with E-state index in [-0.39, 0.29) is 28.0 Å². The van der Waals surface area contributed by atoms with Crippen LogP contribution in [-0.2, 0) is 33.3 Å². The summed E-state index contributed by atoms with van der Waals surface area (Å²) >= 11 is 0. The lowest BCUT2D eigenvalue weighted by atomic mass is 10.2. The maximum absolute atomic E-state index is 12.3. The smallest absolute Gasteiger partial charge is 0.407 e. The van der Waals surface area contributed by atoms with Gasteiger partial charge in [-0.25, -0.2) is 4.79 Å². The highest BCUT2D eigenvalue weighted by atomic mass is 32.2. The van der Waals surface area contributed by atoms with E-state index in [1.54, 1.807) is 57.2 Å². The third-order valence-corrected chi connectivity index (χ3v) is 9.43. The van der Waals surface area contributed by atoms with Crippen LogP contribution in [0.5, 0.6) is 0 Å². The van der Waals surface area contributed by atoms with Crippen molar-refractivity contribution in [2.24, 2.45) is 5.73 Å². The number of hydrogen-bond donors (Lipinski definition) is 2. The Kier molecular flexibility index (Phi) is 11.0. The van der Waals surface area contributed by atoms with Gasteiger partial charge in [-0.2, -0.15) is 16.8 Å². The van der Waals surface area contributed by atoms with Gasteiger partial charge < -0.3 is 15.8 Å². The van der Waals surface area contributed by atoms with Gasteiger partial charge in [0.15, 0.2) is 0 Å². The molecule has 0 heterocycles. The third kappa shape index (κ3) is 10.7. The van der Waals surface area contributed by atoms with E-state index >= 15 is 0 Å². The van der Waals surface area contributed by atoms with Crippen molar-refractivity contribution < 1.29 is 34.7 Å². The number of aryl methyl sites for hydroxylation is 2. The van der Waals surface area contributed by atoms with E-state index in [1.165, 1.54) is 12.1 Å². The second-order valence-electron chi connectivity index (χ2n) is 11.7. The Labute approximate surface area is 244 Å². The third-order valence-electron chi connectivity index (χ3n) is 6.68. The molecule has 10 nitrogen and oxygen atoms in total. The molecule has 228 valence electrons. The molecule has 0 bridgehead atoms. The second-order valence-corrected chi connectivity index (χ2v) is 14.8. The lowest BCUT2D eigenvalue weighted by molar-refractivity contribution is 0.0503. The first-order valence-electron chi connectivity index (χ1n) is 13.8. The van der Waals surface area contributed by atoms with E-state index in [0.717, 1.165) is 17.5 Å². The molecule has 0 saturated heterocycles. The predicted molar refractivity (Wildman–Crippen MR) is 155 cm³/mol. The van der Waals surface area contributed by atoms with Crippen molar-refractivity contribution in [2.45, 2.75) is 113 Å². The van der Waals surface area contributed by atoms with Gasteiger partial charge in [-0.15, -0.1) is 0 Å². The van der Waals surface area contributed by atoms with Crippen LogP contribution in [0.2, 0.25) is 0 Å². The molecule has 0 aliphatic heterocycles. The zero-order chi connectivity index (χ0) is 30.4. The molecule has 2 saturated carbocycles. The SMILES string of the molecule is Cc1ccc(S(=O)(=O)OC2CCC(N)C2)cc1.Cc1ccc(S(=O)(=O)OC2CCC(NC(=O)OC(C)(C)C)C2)cc1. The Morgan fingerprint density at radius 2 is 1.20 bits per heavy atom. The van der Waals surface area contributed by atoms with Crippen LogP contribution in [0.1, 0.15) is 70.4 Å². The highest BCUT2D eigenvalue weighted by Gasteiger charge is 2.32. The summed E-state index contributed by atoms with van der Waals surface area (Å²) in [6.07, 6.45) is 2.65. The fourth-order valence-electron chi connectivity index (χ4n) is 4.57. The maximum Gasteiger partial charge on any atom is 0.407 e. The number of ether oxygens (including phenoxy) is 1. The molecule has 4 rings (SSSR count). The Bertz CT molecular complexity index is 1370. The number of nitrogens with one attached hydrogen (secondary N) is 1. The Hall–Kier alpha value is -2.51. The van der Waals surface area contributed by atoms with Crippen LogP contribution < -0.4 is 11.1 Å². The highest BCUT2D eigenvalue weighted by Crippen LogP contribution is 2.27. The van der Waals surface area contributed by atoms with Gasteiger partial charge in [0.05, 0.1) is 22.0 Å². The topological polar surface area (TPSA) is 151 Å². The quantitative estimate of drug-likeness (QED) is 0.424. The van der Waals surface area contributed by atoms with Gasteiger partial charge in [-0.3, -0.25) is 8.37 Å². The average molecular weight is 611 g/mol. The van der Waals surface area contributed by atoms with Crippen LogP contribution in [0.3, 0.4) is 0 Å². The average Bonchev–Trinajstić information content (AvgIpc) is 3.46. The van der Waals surface area contributed by atoms with Crippen molar-refractivity contribution in [3.63, 3.8) is 0 Å². The first-order chi connectivity index (χ1) is 19.0. The molecule has 2 fully saturated rings. The molecule has 3 N–H and O–H groups in total. The van der Waals surface area contributed by atoms with Crippen LogP contribution in [-0.4, -0.2) is 52.8 Å². The summed E-state index contributed by atoms with van der Waals surface area (Å²) in [5.74, 6) is 0. The van der Waals surface area contributed by atoms with Gasteiger partial charge >= 0.3 is 6.09 Å². The number of rotatable bonds is 7. The van der Waals surface area contributed by atoms with Crippen molar-refractivity contribution >= 4 is 26.3 Å². The number of alkyl carbamates (subject to hydrolysis) is 1. The number of carbonyl (C=O) groups is 1. The Morgan fingerprint density at radius 3 is 1.61 bits per heavy atom. The highest BCUT2D eigenvalue weighted by molar-refractivity contribution is 7.87. The molecule has 1 amide bonds. The first-order valence-corrected chi connectivity index (χ1v) is 16.6. The van der Waals surface area contributed by atoms with Crippen LogP contribution in [0.4, 0.5) is 4.79 Å². The minimum atomic E-state index is -3.79. The normalized spacial score (nSPS) is 23.0. The largest absolute Gasteiger partial charge is 0.444 e. The molecule has 4 atom stereocenters. The van der Waals surface area contributed by atoms with Gasteiger partial charge in [0.25, 0.3) is 20.2 Å². The monoisotopic (exact) mass is 610 g/mol. The van der Waals surface area contributed by atoms with Crippen LogP contribution >= 0.6 is 0 Å². The van der Waals surface area contributed by atoms with Gasteiger partial charge in [0.1, 0.15) is 5.60 Å². The van der Waals surface area contributed by atoms with Crippen LogP contribution in [0, 0.1) is 13.8 Å². The molecule has 2 aromatic carbocycles. The predicted octanol–water partition coefficient (Wildman–Crippen LogP) is 4.73. The van der Waals surface area contributed by atoms with Gasteiger partial charge in [-0.1, -0.05) is 35.4 Å². The molecule has 2 aliphatic rings. The summed E-state index contributed by atoms with van der Waals surface area (Å²) in [6.45, 7) is 9.18. The molecule has 2 aromatic rings. The number of nitrogens with two attached hydrogens (primary N) is 1. The Morgan fingerprint density at radius 1 is 0.756 bits per heavy atom. The molecule has 0 radical (unpaired) electrons. The maximum atomic E-state index is 12.3. The van der Waals surface area contributed by atoms with Crippen molar-refractivity contribution in [1.82, 2.24) is 5.32 Å². The minimum Gasteiger partial charge on any atom is -0.444 e. The van der Waals surface area contributed by atoms with Crippen molar-refractivity contribution in [2.75, 3.05) is 0 Å². The summed E-state index contributed by atoms with van der Waals surface area (Å²) in [6, 6.07) is 13.1. The van der Waals surface area contributed by atoms with Crippen LogP contribution in [0.15, 0.2) is 58.3 Å². The molecule has 4 unspecified atom stereocenters. The van der Waals surface area contributed by atoms with Gasteiger partial charge in [0.2, 0.25) is 0 Å². The zero-order valence-corrected chi connectivity index (χ0v) is 26.0. The van der Waals surface area contributed by atoms with E-state index in [1.807, 2.05) is 13.8 Å². The minimum absolute atomic E-state index is 0.0632. The fourth-order valence-corrected chi connectivity index (χ4v) is 6.80. The first kappa shape index (κ1) is 33.0. The summed E-state index contributed by atoms with van der Waals surface area (Å²) in [5, 5.41) is 2.76. The second kappa shape index (κ2) is 13.6. The summed E-state index contributed by atoms with van der Waals surface area (Å²) < 4.78 is 64.2. The summed E-state index contributed by atoms with van der Waals surface area (Å²) in [4.78, 5) is 12.1. The molecule has 41 heavy (non-hydrogen) atoms. The van der Waals surface area contributed by atoms with E-state index in [9.17, 15) is 21.6 Å². The standard InChI is InChI=1S/C17H25NO5S.C12H17NO3S/c1-12-5-9-15(10-6-12)24(20,21)23-14-8-7-13(11-14)18-16(19)22-17(2,3)4;1-9-2-6-12(7-3-9)17(14,15)16-11-5-4-10(13)8-11/h5-6,9-10,13-14H,7-8,11H2,1-4H3,(H,18,19);2-3,6-7,10-11H,4-5,8,13H2,1H3. The molecule has 0 aromatic heterocycles. The summed E-state index contributed by atoms with van der Waals surface area (Å²) in [7, 11) is -7.42. The number of benzene rings is 2. The lowest BCUT2D eigenvalue weighted by Gasteiger charge is -2.21. The Balaban J connectivity index is 0.000000239. The van der Waals surface area contributed by atoms with Crippen LogP contribution in [0.25, 0.3) is 0 Å². The van der Waals surface area contributed by atoms with E-state index in [4.69, 9.17) is 18.8 Å². The fraction of sp³-hybridized carbons (Fsp3) is 0.552. The zero-order valence-electron chi connectivity index (χ0n) is 24.3. The van der Waals surface area contributed by atoms with E-state index in [2.05, 4.69) is 5.32 Å². The molecule has 0 spiro atoms. The van der Waals surface area contributed by atoms with E-state index < -0.39 is 38.0 Å². The number of carbonyl (C=O) groups excluding carboxylic acids is 1.